The van der Waals surface area contributed by atoms with Gasteiger partial charge in [-0.2, -0.15) is 0 Å². The van der Waals surface area contributed by atoms with Gasteiger partial charge < -0.3 is 10.0 Å². The largest absolute Gasteiger partial charge is 0.388 e. The van der Waals surface area contributed by atoms with Crippen LogP contribution in [0.5, 0.6) is 0 Å². The van der Waals surface area contributed by atoms with Crippen molar-refractivity contribution < 1.29 is 5.11 Å². The van der Waals surface area contributed by atoms with Gasteiger partial charge in [0.25, 0.3) is 0 Å². The minimum atomic E-state index is -0.447. The summed E-state index contributed by atoms with van der Waals surface area (Å²) in [5.74, 6) is 0. The second-order valence-electron chi connectivity index (χ2n) is 5.07. The van der Waals surface area contributed by atoms with E-state index in [9.17, 15) is 5.11 Å². The first kappa shape index (κ1) is 13.9. The van der Waals surface area contributed by atoms with Crippen LogP contribution in [0.25, 0.3) is 0 Å². The highest BCUT2D eigenvalue weighted by Gasteiger charge is 2.23. The molecule has 0 aliphatic carbocycles. The summed E-state index contributed by atoms with van der Waals surface area (Å²) in [6.45, 7) is 4.38. The number of aliphatic hydroxyl groups is 1. The number of hydrogen-bond acceptors (Lipinski definition) is 2. The van der Waals surface area contributed by atoms with Crippen LogP contribution in [0.4, 0.5) is 0 Å². The van der Waals surface area contributed by atoms with Crippen molar-refractivity contribution in [2.24, 2.45) is 0 Å². The van der Waals surface area contributed by atoms with E-state index in [4.69, 9.17) is 11.6 Å². The fraction of sp³-hybridized carbons (Fsp3) is 0.600. The van der Waals surface area contributed by atoms with Crippen LogP contribution in [0, 0.1) is 0 Å². The maximum atomic E-state index is 10.2. The summed E-state index contributed by atoms with van der Waals surface area (Å²) in [5.41, 5.74) is 0.853. The smallest absolute Gasteiger partial charge is 0.0816 e. The third-order valence-corrected chi connectivity index (χ3v) is 4.27. The Kier molecular flexibility index (Phi) is 5.04. The highest BCUT2D eigenvalue weighted by molar-refractivity contribution is 6.31. The number of aliphatic hydroxyl groups excluding tert-OH is 1. The van der Waals surface area contributed by atoms with Gasteiger partial charge in [0.1, 0.15) is 0 Å². The summed E-state index contributed by atoms with van der Waals surface area (Å²) in [6, 6.07) is 8.28. The molecule has 0 saturated carbocycles. The number of benzene rings is 1. The lowest BCUT2D eigenvalue weighted by molar-refractivity contribution is 0.137. The van der Waals surface area contributed by atoms with Gasteiger partial charge in [-0.15, -0.1) is 0 Å². The van der Waals surface area contributed by atoms with E-state index in [0.29, 0.717) is 11.1 Å². The lowest BCUT2D eigenvalue weighted by Gasteiger charge is -2.24. The van der Waals surface area contributed by atoms with Crippen LogP contribution in [0.3, 0.4) is 0 Å². The summed E-state index contributed by atoms with van der Waals surface area (Å²) in [4.78, 5) is 2.50. The Morgan fingerprint density at radius 3 is 2.94 bits per heavy atom. The van der Waals surface area contributed by atoms with E-state index in [2.05, 4.69) is 11.8 Å². The average Bonchev–Trinajstić information content (AvgIpc) is 2.84. The van der Waals surface area contributed by atoms with Gasteiger partial charge >= 0.3 is 0 Å². The van der Waals surface area contributed by atoms with E-state index in [-0.39, 0.29) is 0 Å². The van der Waals surface area contributed by atoms with E-state index in [1.54, 1.807) is 0 Å². The zero-order chi connectivity index (χ0) is 13.0. The minimum Gasteiger partial charge on any atom is -0.388 e. The first-order valence-electron chi connectivity index (χ1n) is 6.89. The van der Waals surface area contributed by atoms with Crippen LogP contribution in [0.2, 0.25) is 5.02 Å². The lowest BCUT2D eigenvalue weighted by Crippen LogP contribution is -2.30. The van der Waals surface area contributed by atoms with Crippen molar-refractivity contribution in [1.29, 1.82) is 0 Å². The summed E-state index contributed by atoms with van der Waals surface area (Å²) < 4.78 is 0. The SMILES string of the molecule is CCC1CCCN1CCC(O)c1ccccc1Cl. The third kappa shape index (κ3) is 3.25. The fourth-order valence-corrected chi connectivity index (χ4v) is 3.10. The monoisotopic (exact) mass is 267 g/mol. The number of nitrogens with zero attached hydrogens (tertiary/aromatic N) is 1. The average molecular weight is 268 g/mol. The number of halogens is 1. The molecular weight excluding hydrogens is 246 g/mol. The molecule has 2 atom stereocenters. The van der Waals surface area contributed by atoms with Crippen molar-refractivity contribution in [2.45, 2.75) is 44.8 Å². The highest BCUT2D eigenvalue weighted by Crippen LogP contribution is 2.27. The van der Waals surface area contributed by atoms with E-state index in [0.717, 1.165) is 18.5 Å². The van der Waals surface area contributed by atoms with Gasteiger partial charge in [-0.25, -0.2) is 0 Å². The van der Waals surface area contributed by atoms with Gasteiger partial charge in [-0.1, -0.05) is 36.7 Å². The summed E-state index contributed by atoms with van der Waals surface area (Å²) in [6.07, 6.45) is 4.12. The molecule has 2 rings (SSSR count). The van der Waals surface area contributed by atoms with Crippen molar-refractivity contribution >= 4 is 11.6 Å². The molecule has 1 aromatic rings. The van der Waals surface area contributed by atoms with Crippen molar-refractivity contribution in [3.05, 3.63) is 34.9 Å². The van der Waals surface area contributed by atoms with Crippen molar-refractivity contribution in [2.75, 3.05) is 13.1 Å². The highest BCUT2D eigenvalue weighted by atomic mass is 35.5. The molecule has 0 radical (unpaired) electrons. The van der Waals surface area contributed by atoms with Gasteiger partial charge in [0.15, 0.2) is 0 Å². The third-order valence-electron chi connectivity index (χ3n) is 3.92. The first-order chi connectivity index (χ1) is 8.72. The number of hydrogen-bond donors (Lipinski definition) is 1. The second kappa shape index (κ2) is 6.55. The Labute approximate surface area is 115 Å². The molecule has 0 spiro atoms. The van der Waals surface area contributed by atoms with Crippen LogP contribution in [0.15, 0.2) is 24.3 Å². The first-order valence-corrected chi connectivity index (χ1v) is 7.26. The Morgan fingerprint density at radius 1 is 1.44 bits per heavy atom. The van der Waals surface area contributed by atoms with Crippen molar-refractivity contribution in [3.8, 4) is 0 Å². The molecule has 0 amide bonds. The van der Waals surface area contributed by atoms with E-state index >= 15 is 0 Å². The normalized spacial score (nSPS) is 22.3. The van der Waals surface area contributed by atoms with Gasteiger partial charge in [-0.05, 0) is 43.9 Å². The zero-order valence-corrected chi connectivity index (χ0v) is 11.7. The molecule has 1 heterocycles. The van der Waals surface area contributed by atoms with Gasteiger partial charge in [0.2, 0.25) is 0 Å². The van der Waals surface area contributed by atoms with Gasteiger partial charge in [0, 0.05) is 17.6 Å². The van der Waals surface area contributed by atoms with Crippen LogP contribution in [0.1, 0.15) is 44.3 Å². The summed E-state index contributed by atoms with van der Waals surface area (Å²) in [7, 11) is 0. The molecule has 3 heteroatoms. The molecular formula is C15H22ClNO. The van der Waals surface area contributed by atoms with Crippen molar-refractivity contribution in [1.82, 2.24) is 4.90 Å². The van der Waals surface area contributed by atoms with E-state index < -0.39 is 6.10 Å². The predicted molar refractivity (Wildman–Crippen MR) is 75.9 cm³/mol. The maximum Gasteiger partial charge on any atom is 0.0816 e. The molecule has 2 unspecified atom stereocenters. The quantitative estimate of drug-likeness (QED) is 0.881. The summed E-state index contributed by atoms with van der Waals surface area (Å²) >= 11 is 6.10. The fourth-order valence-electron chi connectivity index (χ4n) is 2.84. The standard InChI is InChI=1S/C15H22ClNO/c1-2-12-6-5-10-17(12)11-9-15(18)13-7-3-4-8-14(13)16/h3-4,7-8,12,15,18H,2,5-6,9-11H2,1H3. The van der Waals surface area contributed by atoms with Crippen LogP contribution in [-0.2, 0) is 0 Å². The molecule has 1 saturated heterocycles. The van der Waals surface area contributed by atoms with E-state index in [1.807, 2.05) is 24.3 Å². The molecule has 2 nitrogen and oxygen atoms in total. The topological polar surface area (TPSA) is 23.5 Å². The molecule has 1 N–H and O–H groups in total. The zero-order valence-electron chi connectivity index (χ0n) is 11.0. The molecule has 100 valence electrons. The molecule has 18 heavy (non-hydrogen) atoms. The van der Waals surface area contributed by atoms with Crippen LogP contribution in [-0.4, -0.2) is 29.1 Å². The second-order valence-corrected chi connectivity index (χ2v) is 5.47. The predicted octanol–water partition coefficient (Wildman–Crippen LogP) is 3.64. The van der Waals surface area contributed by atoms with E-state index in [1.165, 1.54) is 25.8 Å². The lowest BCUT2D eigenvalue weighted by atomic mass is 10.1. The summed E-state index contributed by atoms with van der Waals surface area (Å²) in [5, 5.41) is 10.9. The Morgan fingerprint density at radius 2 is 2.22 bits per heavy atom. The molecule has 0 bridgehead atoms. The minimum absolute atomic E-state index is 0.447. The Bertz CT molecular complexity index is 383. The van der Waals surface area contributed by atoms with Gasteiger partial charge in [-0.3, -0.25) is 0 Å². The van der Waals surface area contributed by atoms with Crippen LogP contribution >= 0.6 is 11.6 Å². The molecule has 1 aliphatic heterocycles. The number of rotatable bonds is 5. The molecule has 1 aliphatic rings. The Balaban J connectivity index is 1.88. The van der Waals surface area contributed by atoms with Crippen molar-refractivity contribution in [3.63, 3.8) is 0 Å². The maximum absolute atomic E-state index is 10.2. The molecule has 0 aromatic heterocycles. The molecule has 1 fully saturated rings. The van der Waals surface area contributed by atoms with Gasteiger partial charge in [0.05, 0.1) is 6.10 Å². The Hall–Kier alpha value is -0.570. The number of likely N-dealkylation sites (tertiary alicyclic amines) is 1. The molecule has 1 aromatic carbocycles. The van der Waals surface area contributed by atoms with Crippen LogP contribution < -0.4 is 0 Å².